The first-order chi connectivity index (χ1) is 13.0. The van der Waals surface area contributed by atoms with Gasteiger partial charge in [0.1, 0.15) is 5.82 Å². The number of nitrogens with zero attached hydrogens (tertiary/aromatic N) is 2. The molecule has 1 aromatic carbocycles. The molecule has 9 heteroatoms. The number of nitrogens with one attached hydrogen (secondary N) is 2. The number of halogens is 1. The maximum atomic E-state index is 12.2. The Hall–Kier alpha value is -2.97. The summed E-state index contributed by atoms with van der Waals surface area (Å²) in [5.74, 6) is -0.0108. The van der Waals surface area contributed by atoms with Crippen LogP contribution < -0.4 is 10.6 Å². The molecular formula is C18H15ClN4O3S. The van der Waals surface area contributed by atoms with Crippen LogP contribution in [0, 0.1) is 0 Å². The molecule has 0 aliphatic rings. The monoisotopic (exact) mass is 402 g/mol. The van der Waals surface area contributed by atoms with Crippen LogP contribution in [0.1, 0.15) is 16.1 Å². The van der Waals surface area contributed by atoms with Gasteiger partial charge in [0.05, 0.1) is 29.8 Å². The molecule has 3 rings (SSSR count). The van der Waals surface area contributed by atoms with Crippen LogP contribution in [0.2, 0.25) is 5.02 Å². The van der Waals surface area contributed by atoms with E-state index < -0.39 is 5.97 Å². The van der Waals surface area contributed by atoms with Crippen LogP contribution in [0.3, 0.4) is 0 Å². The summed E-state index contributed by atoms with van der Waals surface area (Å²) in [6, 6.07) is 9.93. The average Bonchev–Trinajstić information content (AvgIpc) is 3.10. The normalized spacial score (nSPS) is 10.3. The number of ether oxygens (including phenoxy) is 1. The van der Waals surface area contributed by atoms with Crippen LogP contribution in [-0.4, -0.2) is 29.0 Å². The van der Waals surface area contributed by atoms with E-state index >= 15 is 0 Å². The zero-order valence-electron chi connectivity index (χ0n) is 14.2. The van der Waals surface area contributed by atoms with E-state index in [9.17, 15) is 9.59 Å². The lowest BCUT2D eigenvalue weighted by Crippen LogP contribution is -2.14. The van der Waals surface area contributed by atoms with Crippen LogP contribution in [0.5, 0.6) is 0 Å². The standard InChI is InChI=1S/C18H15ClN4O3S/c1-26-17(25)11-2-5-13(6-3-11)21-16(24)8-14-10-27-18(22-14)23-15-7-4-12(19)9-20-15/h2-7,9-10H,8H2,1H3,(H,21,24)(H,20,22,23). The van der Waals surface area contributed by atoms with E-state index in [0.717, 1.165) is 0 Å². The second-order valence-corrected chi connectivity index (χ2v) is 6.72. The molecule has 7 nitrogen and oxygen atoms in total. The minimum Gasteiger partial charge on any atom is -0.465 e. The third kappa shape index (κ3) is 5.25. The molecule has 0 spiro atoms. The molecule has 0 radical (unpaired) electrons. The average molecular weight is 403 g/mol. The zero-order chi connectivity index (χ0) is 19.2. The van der Waals surface area contributed by atoms with Crippen LogP contribution in [-0.2, 0) is 16.0 Å². The van der Waals surface area contributed by atoms with Crippen LogP contribution in [0.25, 0.3) is 0 Å². The Morgan fingerprint density at radius 2 is 1.96 bits per heavy atom. The molecule has 2 heterocycles. The van der Waals surface area contributed by atoms with E-state index in [2.05, 4.69) is 25.3 Å². The van der Waals surface area contributed by atoms with Crippen LogP contribution in [0.4, 0.5) is 16.6 Å². The smallest absolute Gasteiger partial charge is 0.337 e. The van der Waals surface area contributed by atoms with Crippen molar-refractivity contribution in [3.05, 3.63) is 64.3 Å². The van der Waals surface area contributed by atoms with Gasteiger partial charge in [-0.3, -0.25) is 4.79 Å². The summed E-state index contributed by atoms with van der Waals surface area (Å²) in [6.07, 6.45) is 1.67. The molecular weight excluding hydrogens is 388 g/mol. The molecule has 0 saturated carbocycles. The fraction of sp³-hybridized carbons (Fsp3) is 0.111. The van der Waals surface area contributed by atoms with Gasteiger partial charge in [-0.05, 0) is 36.4 Å². The Morgan fingerprint density at radius 3 is 2.63 bits per heavy atom. The van der Waals surface area contributed by atoms with Crippen molar-refractivity contribution in [2.75, 3.05) is 17.7 Å². The number of rotatable bonds is 6. The summed E-state index contributed by atoms with van der Waals surface area (Å²) in [5.41, 5.74) is 1.65. The van der Waals surface area contributed by atoms with Gasteiger partial charge in [0.25, 0.3) is 0 Å². The highest BCUT2D eigenvalue weighted by Gasteiger charge is 2.10. The largest absolute Gasteiger partial charge is 0.465 e. The van der Waals surface area contributed by atoms with Gasteiger partial charge in [-0.1, -0.05) is 11.6 Å². The number of pyridine rings is 1. The lowest BCUT2D eigenvalue weighted by Gasteiger charge is -2.05. The van der Waals surface area contributed by atoms with Crippen molar-refractivity contribution < 1.29 is 14.3 Å². The molecule has 0 aliphatic carbocycles. The second-order valence-electron chi connectivity index (χ2n) is 5.42. The molecule has 27 heavy (non-hydrogen) atoms. The van der Waals surface area contributed by atoms with Crippen molar-refractivity contribution in [3.63, 3.8) is 0 Å². The van der Waals surface area contributed by atoms with Crippen molar-refractivity contribution in [1.29, 1.82) is 0 Å². The maximum Gasteiger partial charge on any atom is 0.337 e. The number of hydrogen-bond acceptors (Lipinski definition) is 7. The summed E-state index contributed by atoms with van der Waals surface area (Å²) in [6.45, 7) is 0. The predicted octanol–water partition coefficient (Wildman–Crippen LogP) is 3.90. The van der Waals surface area contributed by atoms with E-state index in [1.165, 1.54) is 24.6 Å². The van der Waals surface area contributed by atoms with E-state index in [1.807, 2.05) is 0 Å². The predicted molar refractivity (Wildman–Crippen MR) is 105 cm³/mol. The number of benzene rings is 1. The highest BCUT2D eigenvalue weighted by atomic mass is 35.5. The van der Waals surface area contributed by atoms with Crippen molar-refractivity contribution in [2.45, 2.75) is 6.42 Å². The van der Waals surface area contributed by atoms with Gasteiger partial charge in [-0.25, -0.2) is 14.8 Å². The number of amides is 1. The van der Waals surface area contributed by atoms with Crippen molar-refractivity contribution in [1.82, 2.24) is 9.97 Å². The molecule has 0 aliphatic heterocycles. The molecule has 2 N–H and O–H groups in total. The molecule has 0 bridgehead atoms. The number of aromatic nitrogens is 2. The van der Waals surface area contributed by atoms with E-state index in [-0.39, 0.29) is 12.3 Å². The Balaban J connectivity index is 1.56. The number of carbonyl (C=O) groups is 2. The Bertz CT molecular complexity index is 942. The first-order valence-corrected chi connectivity index (χ1v) is 9.10. The summed E-state index contributed by atoms with van der Waals surface area (Å²) in [5, 5.41) is 8.82. The van der Waals surface area contributed by atoms with Gasteiger partial charge >= 0.3 is 5.97 Å². The maximum absolute atomic E-state index is 12.2. The number of methoxy groups -OCH3 is 1. The van der Waals surface area contributed by atoms with E-state index in [1.54, 1.807) is 41.8 Å². The minimum absolute atomic E-state index is 0.130. The van der Waals surface area contributed by atoms with Gasteiger partial charge in [0.15, 0.2) is 5.13 Å². The summed E-state index contributed by atoms with van der Waals surface area (Å²) >= 11 is 7.18. The fourth-order valence-corrected chi connectivity index (χ4v) is 3.01. The number of anilines is 3. The first-order valence-electron chi connectivity index (χ1n) is 7.84. The molecule has 2 aromatic heterocycles. The third-order valence-corrected chi connectivity index (χ3v) is 4.48. The molecule has 0 unspecified atom stereocenters. The van der Waals surface area contributed by atoms with Crippen molar-refractivity contribution in [2.24, 2.45) is 0 Å². The highest BCUT2D eigenvalue weighted by molar-refractivity contribution is 7.13. The van der Waals surface area contributed by atoms with Crippen molar-refractivity contribution in [3.8, 4) is 0 Å². The molecule has 0 saturated heterocycles. The fourth-order valence-electron chi connectivity index (χ4n) is 2.18. The number of thiazole rings is 1. The lowest BCUT2D eigenvalue weighted by molar-refractivity contribution is -0.115. The number of hydrogen-bond donors (Lipinski definition) is 2. The van der Waals surface area contributed by atoms with Crippen LogP contribution >= 0.6 is 22.9 Å². The highest BCUT2D eigenvalue weighted by Crippen LogP contribution is 2.21. The summed E-state index contributed by atoms with van der Waals surface area (Å²) < 4.78 is 4.64. The number of esters is 1. The Morgan fingerprint density at radius 1 is 1.19 bits per heavy atom. The van der Waals surface area contributed by atoms with Gasteiger partial charge in [-0.15, -0.1) is 11.3 Å². The Kier molecular flexibility index (Phi) is 6.00. The van der Waals surface area contributed by atoms with E-state index in [0.29, 0.717) is 32.9 Å². The third-order valence-electron chi connectivity index (χ3n) is 3.45. The zero-order valence-corrected chi connectivity index (χ0v) is 15.8. The van der Waals surface area contributed by atoms with Gasteiger partial charge in [-0.2, -0.15) is 0 Å². The van der Waals surface area contributed by atoms with Gasteiger partial charge < -0.3 is 15.4 Å². The van der Waals surface area contributed by atoms with Gasteiger partial charge in [0, 0.05) is 17.3 Å². The second kappa shape index (κ2) is 8.61. The van der Waals surface area contributed by atoms with Gasteiger partial charge in [0.2, 0.25) is 5.91 Å². The summed E-state index contributed by atoms with van der Waals surface area (Å²) in [7, 11) is 1.32. The van der Waals surface area contributed by atoms with Crippen LogP contribution in [0.15, 0.2) is 48.0 Å². The molecule has 1 amide bonds. The number of carbonyl (C=O) groups excluding carboxylic acids is 2. The van der Waals surface area contributed by atoms with Crippen molar-refractivity contribution >= 4 is 51.5 Å². The minimum atomic E-state index is -0.425. The SMILES string of the molecule is COC(=O)c1ccc(NC(=O)Cc2csc(Nc3ccc(Cl)cn3)n2)cc1. The van der Waals surface area contributed by atoms with E-state index in [4.69, 9.17) is 11.6 Å². The summed E-state index contributed by atoms with van der Waals surface area (Å²) in [4.78, 5) is 32.1. The molecule has 0 fully saturated rings. The molecule has 0 atom stereocenters. The topological polar surface area (TPSA) is 93.2 Å². The quantitative estimate of drug-likeness (QED) is 0.607. The molecule has 3 aromatic rings. The first kappa shape index (κ1) is 18.8. The Labute approximate surface area is 164 Å². The lowest BCUT2D eigenvalue weighted by atomic mass is 10.2. The molecule has 138 valence electrons.